The standard InChI is InChI=1S/C14H16Cl2N4O3S2/c1-4-20(3)12(21)7-11-17-18-14(24-11)19-25(22,23)13-8(2)5-9(15)6-10(13)16/h5-6H,4,7H2,1-3H3,(H,18,19). The van der Waals surface area contributed by atoms with E-state index < -0.39 is 10.0 Å². The first-order valence-electron chi connectivity index (χ1n) is 7.19. The summed E-state index contributed by atoms with van der Waals surface area (Å²) in [6.07, 6.45) is 0.0600. The molecule has 2 rings (SSSR count). The van der Waals surface area contributed by atoms with E-state index in [1.54, 1.807) is 18.9 Å². The van der Waals surface area contributed by atoms with E-state index >= 15 is 0 Å². The molecular weight excluding hydrogens is 407 g/mol. The van der Waals surface area contributed by atoms with Crippen LogP contribution in [-0.4, -0.2) is 43.0 Å². The van der Waals surface area contributed by atoms with Gasteiger partial charge in [-0.15, -0.1) is 10.2 Å². The van der Waals surface area contributed by atoms with Gasteiger partial charge in [0.05, 0.1) is 11.4 Å². The van der Waals surface area contributed by atoms with Crippen LogP contribution in [0.25, 0.3) is 0 Å². The van der Waals surface area contributed by atoms with Crippen LogP contribution < -0.4 is 4.72 Å². The van der Waals surface area contributed by atoms with E-state index in [-0.39, 0.29) is 27.4 Å². The molecule has 2 aromatic rings. The molecule has 0 saturated carbocycles. The Kier molecular flexibility index (Phi) is 6.26. The SMILES string of the molecule is CCN(C)C(=O)Cc1nnc(NS(=O)(=O)c2c(C)cc(Cl)cc2Cl)s1. The van der Waals surface area contributed by atoms with Crippen LogP contribution in [0.3, 0.4) is 0 Å². The van der Waals surface area contributed by atoms with Crippen molar-refractivity contribution in [2.45, 2.75) is 25.2 Å². The van der Waals surface area contributed by atoms with Crippen molar-refractivity contribution in [1.29, 1.82) is 0 Å². The minimum absolute atomic E-state index is 0.0157. The third-order valence-corrected chi connectivity index (χ3v) is 6.49. The molecule has 0 aliphatic carbocycles. The van der Waals surface area contributed by atoms with Crippen molar-refractivity contribution in [3.05, 3.63) is 32.7 Å². The number of aromatic nitrogens is 2. The van der Waals surface area contributed by atoms with Crippen molar-refractivity contribution in [1.82, 2.24) is 15.1 Å². The second-order valence-electron chi connectivity index (χ2n) is 5.22. The van der Waals surface area contributed by atoms with Gasteiger partial charge in [-0.1, -0.05) is 34.5 Å². The molecule has 1 N–H and O–H groups in total. The Labute approximate surface area is 160 Å². The van der Waals surface area contributed by atoms with E-state index in [1.165, 1.54) is 12.1 Å². The number of rotatable bonds is 6. The number of amides is 1. The number of likely N-dealkylation sites (N-methyl/N-ethyl adjacent to an activating group) is 1. The van der Waals surface area contributed by atoms with Crippen molar-refractivity contribution in [2.24, 2.45) is 0 Å². The second kappa shape index (κ2) is 7.86. The van der Waals surface area contributed by atoms with E-state index in [9.17, 15) is 13.2 Å². The predicted molar refractivity (Wildman–Crippen MR) is 98.9 cm³/mol. The lowest BCUT2D eigenvalue weighted by atomic mass is 10.2. The summed E-state index contributed by atoms with van der Waals surface area (Å²) in [5.74, 6) is -0.121. The Morgan fingerprint density at radius 2 is 2.00 bits per heavy atom. The number of hydrogen-bond acceptors (Lipinski definition) is 6. The Hall–Kier alpha value is -1.42. The maximum Gasteiger partial charge on any atom is 0.265 e. The number of anilines is 1. The van der Waals surface area contributed by atoms with Crippen molar-refractivity contribution in [2.75, 3.05) is 18.3 Å². The fourth-order valence-corrected chi connectivity index (χ4v) is 5.15. The van der Waals surface area contributed by atoms with Crippen molar-refractivity contribution in [3.8, 4) is 0 Å². The molecule has 0 aliphatic heterocycles. The number of aryl methyl sites for hydroxylation is 1. The molecule has 0 spiro atoms. The molecule has 0 unspecified atom stereocenters. The number of carbonyl (C=O) groups is 1. The molecule has 0 saturated heterocycles. The van der Waals surface area contributed by atoms with E-state index in [0.29, 0.717) is 22.1 Å². The van der Waals surface area contributed by atoms with E-state index in [2.05, 4.69) is 14.9 Å². The van der Waals surface area contributed by atoms with Crippen LogP contribution in [0.1, 0.15) is 17.5 Å². The average molecular weight is 423 g/mol. The lowest BCUT2D eigenvalue weighted by Crippen LogP contribution is -2.27. The molecule has 25 heavy (non-hydrogen) atoms. The van der Waals surface area contributed by atoms with Crippen LogP contribution in [0.2, 0.25) is 10.0 Å². The highest BCUT2D eigenvalue weighted by molar-refractivity contribution is 7.93. The molecule has 136 valence electrons. The molecule has 0 radical (unpaired) electrons. The van der Waals surface area contributed by atoms with Crippen LogP contribution in [0, 0.1) is 6.92 Å². The second-order valence-corrected chi connectivity index (χ2v) is 8.75. The Morgan fingerprint density at radius 3 is 2.60 bits per heavy atom. The number of nitrogens with one attached hydrogen (secondary N) is 1. The number of nitrogens with zero attached hydrogens (tertiary/aromatic N) is 3. The fourth-order valence-electron chi connectivity index (χ4n) is 2.00. The molecular formula is C14H16Cl2N4O3S2. The highest BCUT2D eigenvalue weighted by Gasteiger charge is 2.23. The number of sulfonamides is 1. The molecule has 0 atom stereocenters. The summed E-state index contributed by atoms with van der Waals surface area (Å²) in [6.45, 7) is 4.03. The van der Waals surface area contributed by atoms with Crippen LogP contribution in [0.15, 0.2) is 17.0 Å². The average Bonchev–Trinajstić information content (AvgIpc) is 2.90. The summed E-state index contributed by atoms with van der Waals surface area (Å²) < 4.78 is 27.5. The normalized spacial score (nSPS) is 11.4. The maximum absolute atomic E-state index is 12.6. The van der Waals surface area contributed by atoms with Crippen LogP contribution in [0.5, 0.6) is 0 Å². The number of hydrogen-bond donors (Lipinski definition) is 1. The summed E-state index contributed by atoms with van der Waals surface area (Å²) in [5.41, 5.74) is 0.412. The first kappa shape index (κ1) is 19.9. The van der Waals surface area contributed by atoms with Crippen molar-refractivity contribution >= 4 is 55.6 Å². The lowest BCUT2D eigenvalue weighted by Gasteiger charge is -2.12. The summed E-state index contributed by atoms with van der Waals surface area (Å²) in [5, 5.41) is 8.47. The van der Waals surface area contributed by atoms with Crippen LogP contribution in [0.4, 0.5) is 5.13 Å². The number of halogens is 2. The van der Waals surface area contributed by atoms with Gasteiger partial charge in [0.25, 0.3) is 10.0 Å². The quantitative estimate of drug-likeness (QED) is 0.771. The number of benzene rings is 1. The minimum atomic E-state index is -3.96. The van der Waals surface area contributed by atoms with Crippen molar-refractivity contribution in [3.63, 3.8) is 0 Å². The van der Waals surface area contributed by atoms with Gasteiger partial charge in [-0.3, -0.25) is 9.52 Å². The zero-order valence-electron chi connectivity index (χ0n) is 13.7. The van der Waals surface area contributed by atoms with E-state index in [0.717, 1.165) is 11.3 Å². The molecule has 7 nitrogen and oxygen atoms in total. The Bertz CT molecular complexity index is 876. The molecule has 1 amide bonds. The Morgan fingerprint density at radius 1 is 1.32 bits per heavy atom. The van der Waals surface area contributed by atoms with E-state index in [1.807, 2.05) is 6.92 Å². The van der Waals surface area contributed by atoms with Gasteiger partial charge >= 0.3 is 0 Å². The molecule has 1 heterocycles. The molecule has 0 fully saturated rings. The summed E-state index contributed by atoms with van der Waals surface area (Å²) >= 11 is 12.9. The van der Waals surface area contributed by atoms with Gasteiger partial charge in [-0.2, -0.15) is 0 Å². The maximum atomic E-state index is 12.6. The van der Waals surface area contributed by atoms with Crippen LogP contribution in [-0.2, 0) is 21.2 Å². The largest absolute Gasteiger partial charge is 0.346 e. The monoisotopic (exact) mass is 422 g/mol. The summed E-state index contributed by atoms with van der Waals surface area (Å²) in [4.78, 5) is 13.3. The van der Waals surface area contributed by atoms with Gasteiger partial charge in [-0.25, -0.2) is 8.42 Å². The zero-order chi connectivity index (χ0) is 18.8. The zero-order valence-corrected chi connectivity index (χ0v) is 16.9. The van der Waals surface area contributed by atoms with Gasteiger partial charge in [-0.05, 0) is 31.5 Å². The molecule has 0 bridgehead atoms. The number of carbonyl (C=O) groups excluding carboxylic acids is 1. The molecule has 1 aromatic carbocycles. The first-order chi connectivity index (χ1) is 11.6. The van der Waals surface area contributed by atoms with Gasteiger partial charge in [0.15, 0.2) is 0 Å². The highest BCUT2D eigenvalue weighted by atomic mass is 35.5. The van der Waals surface area contributed by atoms with E-state index in [4.69, 9.17) is 23.2 Å². The summed E-state index contributed by atoms with van der Waals surface area (Å²) in [6, 6.07) is 2.86. The lowest BCUT2D eigenvalue weighted by molar-refractivity contribution is -0.128. The molecule has 0 aliphatic rings. The third-order valence-electron chi connectivity index (χ3n) is 3.35. The van der Waals surface area contributed by atoms with Gasteiger partial charge in [0.1, 0.15) is 9.90 Å². The molecule has 11 heteroatoms. The van der Waals surface area contributed by atoms with Gasteiger partial charge in [0.2, 0.25) is 11.0 Å². The first-order valence-corrected chi connectivity index (χ1v) is 10.2. The molecule has 1 aromatic heterocycles. The third kappa shape index (κ3) is 4.81. The smallest absolute Gasteiger partial charge is 0.265 e. The van der Waals surface area contributed by atoms with Crippen molar-refractivity contribution < 1.29 is 13.2 Å². The minimum Gasteiger partial charge on any atom is -0.346 e. The highest BCUT2D eigenvalue weighted by Crippen LogP contribution is 2.30. The van der Waals surface area contributed by atoms with Gasteiger partial charge in [0, 0.05) is 18.6 Å². The topological polar surface area (TPSA) is 92.3 Å². The van der Waals surface area contributed by atoms with Crippen LogP contribution >= 0.6 is 34.5 Å². The fraction of sp³-hybridized carbons (Fsp3) is 0.357. The summed E-state index contributed by atoms with van der Waals surface area (Å²) in [7, 11) is -2.28. The van der Waals surface area contributed by atoms with Gasteiger partial charge < -0.3 is 4.90 Å². The Balaban J connectivity index is 2.21. The predicted octanol–water partition coefficient (Wildman–Crippen LogP) is 2.97.